The van der Waals surface area contributed by atoms with Crippen molar-refractivity contribution in [1.82, 2.24) is 15.0 Å². The molecule has 1 amide bonds. The minimum atomic E-state index is -0.827. The zero-order chi connectivity index (χ0) is 20.2. The van der Waals surface area contributed by atoms with E-state index >= 15 is 0 Å². The quantitative estimate of drug-likeness (QED) is 0.731. The van der Waals surface area contributed by atoms with Crippen LogP contribution in [0, 0.1) is 11.6 Å². The lowest BCUT2D eigenvalue weighted by molar-refractivity contribution is 0.102. The van der Waals surface area contributed by atoms with Crippen LogP contribution in [0.1, 0.15) is 10.4 Å². The number of nitrogens with zero attached hydrogens (tertiary/aromatic N) is 5. The maximum Gasteiger partial charge on any atom is 0.256 e. The minimum absolute atomic E-state index is 0.270. The highest BCUT2D eigenvalue weighted by Gasteiger charge is 2.21. The number of para-hydroxylation sites is 1. The van der Waals surface area contributed by atoms with Gasteiger partial charge in [0.05, 0.1) is 0 Å². The monoisotopic (exact) mass is 396 g/mol. The van der Waals surface area contributed by atoms with E-state index < -0.39 is 23.2 Å². The van der Waals surface area contributed by atoms with Crippen molar-refractivity contribution in [1.29, 1.82) is 0 Å². The first-order valence-corrected chi connectivity index (χ1v) is 9.10. The summed E-state index contributed by atoms with van der Waals surface area (Å²) in [6.07, 6.45) is 4.92. The molecule has 1 aromatic carbocycles. The fraction of sp³-hybridized carbons (Fsp3) is 0.200. The van der Waals surface area contributed by atoms with Crippen LogP contribution in [0.15, 0.2) is 55.0 Å². The zero-order valence-electron chi connectivity index (χ0n) is 15.4. The van der Waals surface area contributed by atoms with Crippen molar-refractivity contribution >= 4 is 23.4 Å². The Morgan fingerprint density at radius 3 is 2.21 bits per heavy atom. The van der Waals surface area contributed by atoms with Crippen LogP contribution in [0.25, 0.3) is 0 Å². The molecule has 1 N–H and O–H groups in total. The normalized spacial score (nSPS) is 14.0. The van der Waals surface area contributed by atoms with Crippen LogP contribution in [0.3, 0.4) is 0 Å². The van der Waals surface area contributed by atoms with E-state index in [2.05, 4.69) is 25.2 Å². The number of aromatic nitrogens is 3. The Kier molecular flexibility index (Phi) is 5.28. The third kappa shape index (κ3) is 4.13. The van der Waals surface area contributed by atoms with Gasteiger partial charge in [0.25, 0.3) is 5.91 Å². The fourth-order valence-corrected chi connectivity index (χ4v) is 3.13. The predicted octanol–water partition coefficient (Wildman–Crippen LogP) is 2.73. The van der Waals surface area contributed by atoms with Gasteiger partial charge in [-0.05, 0) is 30.3 Å². The van der Waals surface area contributed by atoms with Gasteiger partial charge in [-0.1, -0.05) is 6.07 Å². The average molecular weight is 396 g/mol. The number of hydrogen-bond donors (Lipinski definition) is 1. The lowest BCUT2D eigenvalue weighted by atomic mass is 10.2. The summed E-state index contributed by atoms with van der Waals surface area (Å²) in [7, 11) is 0. The molecule has 1 saturated heterocycles. The second-order valence-electron chi connectivity index (χ2n) is 6.48. The van der Waals surface area contributed by atoms with Gasteiger partial charge in [-0.25, -0.2) is 23.7 Å². The van der Waals surface area contributed by atoms with Crippen LogP contribution in [0.4, 0.5) is 26.2 Å². The Balaban J connectivity index is 1.44. The molecule has 148 valence electrons. The highest BCUT2D eigenvalue weighted by atomic mass is 19.1. The molecule has 7 nitrogen and oxygen atoms in total. The second-order valence-corrected chi connectivity index (χ2v) is 6.48. The highest BCUT2D eigenvalue weighted by Crippen LogP contribution is 2.21. The Hall–Kier alpha value is -3.62. The van der Waals surface area contributed by atoms with Crippen molar-refractivity contribution in [3.05, 3.63) is 72.2 Å². The molecule has 9 heteroatoms. The number of halogens is 2. The molecule has 29 heavy (non-hydrogen) atoms. The molecule has 0 bridgehead atoms. The van der Waals surface area contributed by atoms with Crippen LogP contribution in [0.2, 0.25) is 0 Å². The van der Waals surface area contributed by atoms with Crippen LogP contribution in [-0.2, 0) is 0 Å². The standard InChI is InChI=1S/C20H18F2N6O/c21-15-3-1-4-16(22)18(15)26-19(29)14-5-8-23-17(13-14)27-9-11-28(12-10-27)20-24-6-2-7-25-20/h1-8,13H,9-12H2,(H,26,29). The molecule has 0 unspecified atom stereocenters. The first-order chi connectivity index (χ1) is 14.1. The zero-order valence-corrected chi connectivity index (χ0v) is 15.4. The Labute approximate surface area is 166 Å². The van der Waals surface area contributed by atoms with Gasteiger partial charge < -0.3 is 15.1 Å². The molecule has 0 radical (unpaired) electrons. The van der Waals surface area contributed by atoms with Gasteiger partial charge in [-0.15, -0.1) is 0 Å². The largest absolute Gasteiger partial charge is 0.353 e. The van der Waals surface area contributed by atoms with Crippen molar-refractivity contribution in [3.8, 4) is 0 Å². The molecule has 0 saturated carbocycles. The number of carbonyl (C=O) groups is 1. The number of carbonyl (C=O) groups excluding carboxylic acids is 1. The van der Waals surface area contributed by atoms with Gasteiger partial charge in [-0.3, -0.25) is 4.79 Å². The van der Waals surface area contributed by atoms with Gasteiger partial charge in [0.2, 0.25) is 5.95 Å². The van der Waals surface area contributed by atoms with E-state index in [1.807, 2.05) is 4.90 Å². The molecule has 0 spiro atoms. The summed E-state index contributed by atoms with van der Waals surface area (Å²) >= 11 is 0. The molecule has 1 aliphatic rings. The summed E-state index contributed by atoms with van der Waals surface area (Å²) < 4.78 is 27.6. The number of piperazine rings is 1. The third-order valence-corrected chi connectivity index (χ3v) is 4.65. The summed E-state index contributed by atoms with van der Waals surface area (Å²) in [6, 6.07) is 8.31. The molecule has 0 aliphatic carbocycles. The van der Waals surface area contributed by atoms with Gasteiger partial charge in [-0.2, -0.15) is 0 Å². The van der Waals surface area contributed by atoms with Gasteiger partial charge in [0.1, 0.15) is 23.1 Å². The van der Waals surface area contributed by atoms with Crippen molar-refractivity contribution in [2.45, 2.75) is 0 Å². The molecule has 2 aromatic heterocycles. The maximum atomic E-state index is 13.8. The highest BCUT2D eigenvalue weighted by molar-refractivity contribution is 6.04. The van der Waals surface area contributed by atoms with Crippen LogP contribution >= 0.6 is 0 Å². The summed E-state index contributed by atoms with van der Waals surface area (Å²) in [5.74, 6) is -0.951. The van der Waals surface area contributed by atoms with E-state index in [9.17, 15) is 13.6 Å². The first-order valence-electron chi connectivity index (χ1n) is 9.10. The number of nitrogens with one attached hydrogen (secondary N) is 1. The molecular weight excluding hydrogens is 378 g/mol. The fourth-order valence-electron chi connectivity index (χ4n) is 3.13. The van der Waals surface area contributed by atoms with Gasteiger partial charge >= 0.3 is 0 Å². The minimum Gasteiger partial charge on any atom is -0.353 e. The predicted molar refractivity (Wildman–Crippen MR) is 105 cm³/mol. The molecule has 1 aliphatic heterocycles. The maximum absolute atomic E-state index is 13.8. The Bertz CT molecular complexity index is 989. The van der Waals surface area contributed by atoms with E-state index in [-0.39, 0.29) is 5.56 Å². The summed E-state index contributed by atoms with van der Waals surface area (Å²) in [5, 5.41) is 2.29. The summed E-state index contributed by atoms with van der Waals surface area (Å²) in [5.41, 5.74) is -0.196. The molecular formula is C20H18F2N6O. The van der Waals surface area contributed by atoms with Crippen molar-refractivity contribution in [2.24, 2.45) is 0 Å². The lowest BCUT2D eigenvalue weighted by Gasteiger charge is -2.35. The SMILES string of the molecule is O=C(Nc1c(F)cccc1F)c1ccnc(N2CCN(c3ncccn3)CC2)c1. The van der Waals surface area contributed by atoms with E-state index in [4.69, 9.17) is 0 Å². The molecule has 3 aromatic rings. The topological polar surface area (TPSA) is 74.2 Å². The van der Waals surface area contributed by atoms with Gasteiger partial charge in [0.15, 0.2) is 0 Å². The van der Waals surface area contributed by atoms with E-state index in [1.165, 1.54) is 18.3 Å². The number of anilines is 3. The number of rotatable bonds is 4. The average Bonchev–Trinajstić information content (AvgIpc) is 2.77. The molecule has 3 heterocycles. The van der Waals surface area contributed by atoms with Crippen LogP contribution < -0.4 is 15.1 Å². The molecule has 0 atom stereocenters. The van der Waals surface area contributed by atoms with E-state index in [0.29, 0.717) is 37.9 Å². The third-order valence-electron chi connectivity index (χ3n) is 4.65. The van der Waals surface area contributed by atoms with Crippen LogP contribution in [-0.4, -0.2) is 47.0 Å². The number of amides is 1. The van der Waals surface area contributed by atoms with Gasteiger partial charge in [0, 0.05) is 50.3 Å². The number of pyridine rings is 1. The molecule has 4 rings (SSSR count). The first kappa shape index (κ1) is 18.7. The van der Waals surface area contributed by atoms with Crippen molar-refractivity contribution in [3.63, 3.8) is 0 Å². The van der Waals surface area contributed by atoms with Crippen molar-refractivity contribution in [2.75, 3.05) is 41.3 Å². The van der Waals surface area contributed by atoms with Crippen molar-refractivity contribution < 1.29 is 13.6 Å². The second kappa shape index (κ2) is 8.17. The van der Waals surface area contributed by atoms with E-state index in [0.717, 1.165) is 12.1 Å². The summed E-state index contributed by atoms with van der Waals surface area (Å²) in [6.45, 7) is 2.78. The lowest BCUT2D eigenvalue weighted by Crippen LogP contribution is -2.47. The smallest absolute Gasteiger partial charge is 0.256 e. The van der Waals surface area contributed by atoms with Crippen LogP contribution in [0.5, 0.6) is 0 Å². The molecule has 1 fully saturated rings. The Morgan fingerprint density at radius 1 is 0.862 bits per heavy atom. The van der Waals surface area contributed by atoms with E-state index in [1.54, 1.807) is 24.5 Å². The number of benzene rings is 1. The summed E-state index contributed by atoms with van der Waals surface area (Å²) in [4.78, 5) is 29.4. The Morgan fingerprint density at radius 2 is 1.52 bits per heavy atom. The number of hydrogen-bond acceptors (Lipinski definition) is 6.